The van der Waals surface area contributed by atoms with E-state index in [4.69, 9.17) is 4.74 Å². The van der Waals surface area contributed by atoms with Crippen LogP contribution in [0.5, 0.6) is 0 Å². The topological polar surface area (TPSA) is 58.6 Å². The van der Waals surface area contributed by atoms with E-state index in [2.05, 4.69) is 14.9 Å². The standard InChI is InChI=1S/C14H20N4O2/c19-14(17-6-8-20-9-7-17)12-2-1-5-18(11-12)13-10-15-3-4-16-13/h3-4,10,12H,1-2,5-9,11H2/t12-/m0/s1. The molecular formula is C14H20N4O2. The molecule has 1 atom stereocenters. The van der Waals surface area contributed by atoms with Gasteiger partial charge in [-0.15, -0.1) is 0 Å². The zero-order chi connectivity index (χ0) is 13.8. The van der Waals surface area contributed by atoms with Crippen LogP contribution >= 0.6 is 0 Å². The molecule has 2 saturated heterocycles. The van der Waals surface area contributed by atoms with Crippen molar-refractivity contribution in [2.75, 3.05) is 44.3 Å². The third-order valence-corrected chi connectivity index (χ3v) is 3.97. The molecule has 0 aliphatic carbocycles. The number of piperidine rings is 1. The van der Waals surface area contributed by atoms with Gasteiger partial charge >= 0.3 is 0 Å². The van der Waals surface area contributed by atoms with Gasteiger partial charge in [-0.05, 0) is 12.8 Å². The van der Waals surface area contributed by atoms with Gasteiger partial charge in [0, 0.05) is 38.6 Å². The minimum absolute atomic E-state index is 0.0730. The number of carbonyl (C=O) groups excluding carboxylic acids is 1. The first-order valence-corrected chi connectivity index (χ1v) is 7.22. The van der Waals surface area contributed by atoms with E-state index in [1.54, 1.807) is 18.6 Å². The summed E-state index contributed by atoms with van der Waals surface area (Å²) in [5.41, 5.74) is 0. The molecule has 2 aliphatic rings. The number of carbonyl (C=O) groups is 1. The normalized spacial score (nSPS) is 23.7. The monoisotopic (exact) mass is 276 g/mol. The van der Waals surface area contributed by atoms with Crippen molar-refractivity contribution >= 4 is 11.7 Å². The van der Waals surface area contributed by atoms with E-state index in [1.807, 2.05) is 4.90 Å². The lowest BCUT2D eigenvalue weighted by molar-refractivity contribution is -0.139. The maximum absolute atomic E-state index is 12.5. The van der Waals surface area contributed by atoms with Gasteiger partial charge < -0.3 is 14.5 Å². The molecule has 3 rings (SSSR count). The first-order chi connectivity index (χ1) is 9.84. The minimum atomic E-state index is 0.0730. The summed E-state index contributed by atoms with van der Waals surface area (Å²) in [7, 11) is 0. The second kappa shape index (κ2) is 6.17. The Balaban J connectivity index is 1.64. The van der Waals surface area contributed by atoms with Crippen molar-refractivity contribution in [1.29, 1.82) is 0 Å². The summed E-state index contributed by atoms with van der Waals surface area (Å²) in [6.07, 6.45) is 7.12. The van der Waals surface area contributed by atoms with E-state index in [0.717, 1.165) is 44.8 Å². The Bertz CT molecular complexity index is 448. The zero-order valence-corrected chi connectivity index (χ0v) is 11.6. The predicted molar refractivity (Wildman–Crippen MR) is 74.4 cm³/mol. The third-order valence-electron chi connectivity index (χ3n) is 3.97. The second-order valence-corrected chi connectivity index (χ2v) is 5.29. The highest BCUT2D eigenvalue weighted by Crippen LogP contribution is 2.22. The number of aromatic nitrogens is 2. The van der Waals surface area contributed by atoms with Crippen molar-refractivity contribution in [2.24, 2.45) is 5.92 Å². The van der Waals surface area contributed by atoms with Crippen LogP contribution in [0.3, 0.4) is 0 Å². The molecule has 0 spiro atoms. The van der Waals surface area contributed by atoms with Gasteiger partial charge in [-0.2, -0.15) is 0 Å². The van der Waals surface area contributed by atoms with Crippen LogP contribution in [0, 0.1) is 5.92 Å². The first-order valence-electron chi connectivity index (χ1n) is 7.22. The average molecular weight is 276 g/mol. The molecular weight excluding hydrogens is 256 g/mol. The molecule has 0 unspecified atom stereocenters. The SMILES string of the molecule is O=C([C@H]1CCCN(c2cnccn2)C1)N1CCOCC1. The molecule has 6 nitrogen and oxygen atoms in total. The highest BCUT2D eigenvalue weighted by atomic mass is 16.5. The largest absolute Gasteiger partial charge is 0.378 e. The van der Waals surface area contributed by atoms with Crippen LogP contribution in [-0.4, -0.2) is 60.2 Å². The van der Waals surface area contributed by atoms with E-state index in [-0.39, 0.29) is 11.8 Å². The van der Waals surface area contributed by atoms with Gasteiger partial charge in [0.25, 0.3) is 0 Å². The number of amides is 1. The fraction of sp³-hybridized carbons (Fsp3) is 0.643. The molecule has 2 aliphatic heterocycles. The van der Waals surface area contributed by atoms with Crippen LogP contribution in [0.15, 0.2) is 18.6 Å². The lowest BCUT2D eigenvalue weighted by atomic mass is 9.96. The summed E-state index contributed by atoms with van der Waals surface area (Å²) in [4.78, 5) is 25.1. The van der Waals surface area contributed by atoms with Gasteiger partial charge in [-0.25, -0.2) is 4.98 Å². The number of hydrogen-bond acceptors (Lipinski definition) is 5. The van der Waals surface area contributed by atoms with Gasteiger partial charge in [-0.3, -0.25) is 9.78 Å². The smallest absolute Gasteiger partial charge is 0.227 e. The third kappa shape index (κ3) is 2.90. The molecule has 20 heavy (non-hydrogen) atoms. The fourth-order valence-electron chi connectivity index (χ4n) is 2.88. The summed E-state index contributed by atoms with van der Waals surface area (Å²) in [5, 5.41) is 0. The van der Waals surface area contributed by atoms with Crippen LogP contribution in [0.4, 0.5) is 5.82 Å². The lowest BCUT2D eigenvalue weighted by Crippen LogP contribution is -2.48. The summed E-state index contributed by atoms with van der Waals surface area (Å²) in [6.45, 7) is 4.46. The predicted octanol–water partition coefficient (Wildman–Crippen LogP) is 0.552. The van der Waals surface area contributed by atoms with E-state index < -0.39 is 0 Å². The fourth-order valence-corrected chi connectivity index (χ4v) is 2.88. The summed E-state index contributed by atoms with van der Waals surface area (Å²) >= 11 is 0. The van der Waals surface area contributed by atoms with E-state index >= 15 is 0 Å². The van der Waals surface area contributed by atoms with Crippen molar-refractivity contribution in [3.8, 4) is 0 Å². The minimum Gasteiger partial charge on any atom is -0.378 e. The number of rotatable bonds is 2. The highest BCUT2D eigenvalue weighted by molar-refractivity contribution is 5.79. The Morgan fingerprint density at radius 2 is 2.10 bits per heavy atom. The maximum Gasteiger partial charge on any atom is 0.227 e. The quantitative estimate of drug-likeness (QED) is 0.789. The van der Waals surface area contributed by atoms with Crippen molar-refractivity contribution in [2.45, 2.75) is 12.8 Å². The Hall–Kier alpha value is -1.69. The van der Waals surface area contributed by atoms with Gasteiger partial charge in [-0.1, -0.05) is 0 Å². The number of nitrogens with zero attached hydrogens (tertiary/aromatic N) is 4. The van der Waals surface area contributed by atoms with Gasteiger partial charge in [0.15, 0.2) is 0 Å². The molecule has 0 aromatic carbocycles. The first kappa shape index (κ1) is 13.3. The number of morpholine rings is 1. The summed E-state index contributed by atoms with van der Waals surface area (Å²) in [5.74, 6) is 1.21. The Morgan fingerprint density at radius 3 is 2.85 bits per heavy atom. The Kier molecular flexibility index (Phi) is 4.11. The summed E-state index contributed by atoms with van der Waals surface area (Å²) < 4.78 is 5.31. The number of anilines is 1. The van der Waals surface area contributed by atoms with Crippen LogP contribution in [0.2, 0.25) is 0 Å². The zero-order valence-electron chi connectivity index (χ0n) is 11.6. The van der Waals surface area contributed by atoms with Crippen LogP contribution in [-0.2, 0) is 9.53 Å². The van der Waals surface area contributed by atoms with Crippen molar-refractivity contribution < 1.29 is 9.53 Å². The van der Waals surface area contributed by atoms with Gasteiger partial charge in [0.2, 0.25) is 5.91 Å². The molecule has 0 saturated carbocycles. The Labute approximate surface area is 118 Å². The molecule has 1 amide bonds. The highest BCUT2D eigenvalue weighted by Gasteiger charge is 2.30. The number of ether oxygens (including phenoxy) is 1. The summed E-state index contributed by atoms with van der Waals surface area (Å²) in [6, 6.07) is 0. The molecule has 3 heterocycles. The molecule has 6 heteroatoms. The maximum atomic E-state index is 12.5. The van der Waals surface area contributed by atoms with Crippen LogP contribution < -0.4 is 4.90 Å². The van der Waals surface area contributed by atoms with Gasteiger partial charge in [0.1, 0.15) is 5.82 Å². The molecule has 1 aromatic heterocycles. The molecule has 1 aromatic rings. The lowest BCUT2D eigenvalue weighted by Gasteiger charge is -2.36. The molecule has 108 valence electrons. The average Bonchev–Trinajstić information content (AvgIpc) is 2.56. The number of hydrogen-bond donors (Lipinski definition) is 0. The molecule has 2 fully saturated rings. The molecule has 0 radical (unpaired) electrons. The Morgan fingerprint density at radius 1 is 1.25 bits per heavy atom. The van der Waals surface area contributed by atoms with Crippen molar-refractivity contribution in [3.05, 3.63) is 18.6 Å². The van der Waals surface area contributed by atoms with E-state index in [0.29, 0.717) is 13.2 Å². The van der Waals surface area contributed by atoms with Crippen molar-refractivity contribution in [3.63, 3.8) is 0 Å². The second-order valence-electron chi connectivity index (χ2n) is 5.29. The van der Waals surface area contributed by atoms with E-state index in [9.17, 15) is 4.79 Å². The van der Waals surface area contributed by atoms with Crippen molar-refractivity contribution in [1.82, 2.24) is 14.9 Å². The van der Waals surface area contributed by atoms with E-state index in [1.165, 1.54) is 0 Å². The molecule has 0 N–H and O–H groups in total. The van der Waals surface area contributed by atoms with Crippen LogP contribution in [0.1, 0.15) is 12.8 Å². The molecule has 0 bridgehead atoms. The van der Waals surface area contributed by atoms with Crippen LogP contribution in [0.25, 0.3) is 0 Å². The van der Waals surface area contributed by atoms with Gasteiger partial charge in [0.05, 0.1) is 25.3 Å².